The molecule has 0 aliphatic rings. The molecule has 0 atom stereocenters. The zero-order valence-corrected chi connectivity index (χ0v) is 16.0. The van der Waals surface area contributed by atoms with Crippen LogP contribution in [0.2, 0.25) is 0 Å². The van der Waals surface area contributed by atoms with Crippen LogP contribution in [0.3, 0.4) is 0 Å². The average Bonchev–Trinajstić information content (AvgIpc) is 2.67. The molecule has 1 N–H and O–H groups in total. The SMILES string of the molecule is CCCN(CC(=O)Nc1ccccc1C)C(=O)COc1cccc(OC)c1. The zero-order chi connectivity index (χ0) is 19.6. The number of aryl methyl sites for hydroxylation is 1. The number of hydrogen-bond donors (Lipinski definition) is 1. The lowest BCUT2D eigenvalue weighted by Crippen LogP contribution is -2.41. The van der Waals surface area contributed by atoms with Crippen molar-refractivity contribution >= 4 is 17.5 Å². The van der Waals surface area contributed by atoms with Gasteiger partial charge in [0.2, 0.25) is 5.91 Å². The lowest BCUT2D eigenvalue weighted by atomic mass is 10.2. The molecule has 0 aliphatic heterocycles. The smallest absolute Gasteiger partial charge is 0.260 e. The lowest BCUT2D eigenvalue weighted by Gasteiger charge is -2.22. The normalized spacial score (nSPS) is 10.2. The predicted octanol–water partition coefficient (Wildman–Crippen LogP) is 3.26. The highest BCUT2D eigenvalue weighted by molar-refractivity contribution is 5.95. The van der Waals surface area contributed by atoms with Gasteiger partial charge in [-0.1, -0.05) is 31.2 Å². The van der Waals surface area contributed by atoms with Crippen LogP contribution in [-0.4, -0.2) is 43.5 Å². The van der Waals surface area contributed by atoms with Crippen LogP contribution < -0.4 is 14.8 Å². The van der Waals surface area contributed by atoms with Gasteiger partial charge in [0.15, 0.2) is 6.61 Å². The number of benzene rings is 2. The van der Waals surface area contributed by atoms with Crippen LogP contribution in [-0.2, 0) is 9.59 Å². The Morgan fingerprint density at radius 1 is 1.07 bits per heavy atom. The van der Waals surface area contributed by atoms with Gasteiger partial charge in [-0.3, -0.25) is 9.59 Å². The van der Waals surface area contributed by atoms with Crippen molar-refractivity contribution in [1.29, 1.82) is 0 Å². The molecule has 0 aliphatic carbocycles. The second-order valence-electron chi connectivity index (χ2n) is 6.15. The maximum atomic E-state index is 12.5. The van der Waals surface area contributed by atoms with Gasteiger partial charge < -0.3 is 19.7 Å². The Labute approximate surface area is 160 Å². The molecular weight excluding hydrogens is 344 g/mol. The predicted molar refractivity (Wildman–Crippen MR) is 105 cm³/mol. The average molecular weight is 370 g/mol. The fraction of sp³-hybridized carbons (Fsp3) is 0.333. The lowest BCUT2D eigenvalue weighted by molar-refractivity contribution is -0.136. The number of hydrogen-bond acceptors (Lipinski definition) is 4. The summed E-state index contributed by atoms with van der Waals surface area (Å²) in [5.41, 5.74) is 1.72. The van der Waals surface area contributed by atoms with E-state index in [0.717, 1.165) is 17.7 Å². The number of carbonyl (C=O) groups is 2. The van der Waals surface area contributed by atoms with Crippen molar-refractivity contribution in [3.05, 3.63) is 54.1 Å². The number of anilines is 1. The van der Waals surface area contributed by atoms with E-state index in [-0.39, 0.29) is 25.0 Å². The molecule has 0 aromatic heterocycles. The van der Waals surface area contributed by atoms with E-state index < -0.39 is 0 Å². The van der Waals surface area contributed by atoms with Crippen LogP contribution in [0.15, 0.2) is 48.5 Å². The molecule has 0 spiro atoms. The summed E-state index contributed by atoms with van der Waals surface area (Å²) in [5.74, 6) is 0.735. The summed E-state index contributed by atoms with van der Waals surface area (Å²) in [6.45, 7) is 4.23. The number of nitrogens with zero attached hydrogens (tertiary/aromatic N) is 1. The van der Waals surface area contributed by atoms with Crippen LogP contribution in [0.25, 0.3) is 0 Å². The van der Waals surface area contributed by atoms with Gasteiger partial charge in [0.25, 0.3) is 5.91 Å². The van der Waals surface area contributed by atoms with Gasteiger partial charge in [0, 0.05) is 18.3 Å². The van der Waals surface area contributed by atoms with E-state index in [1.54, 1.807) is 31.4 Å². The third-order valence-corrected chi connectivity index (χ3v) is 4.00. The van der Waals surface area contributed by atoms with E-state index in [2.05, 4.69) is 5.32 Å². The van der Waals surface area contributed by atoms with E-state index in [4.69, 9.17) is 9.47 Å². The Hall–Kier alpha value is -3.02. The number of nitrogens with one attached hydrogen (secondary N) is 1. The van der Waals surface area contributed by atoms with Crippen molar-refractivity contribution in [3.8, 4) is 11.5 Å². The minimum atomic E-state index is -0.236. The summed E-state index contributed by atoms with van der Waals surface area (Å²) in [6, 6.07) is 14.6. The molecule has 0 radical (unpaired) electrons. The van der Waals surface area contributed by atoms with E-state index in [1.165, 1.54) is 4.90 Å². The van der Waals surface area contributed by atoms with E-state index >= 15 is 0 Å². The zero-order valence-electron chi connectivity index (χ0n) is 16.0. The maximum absolute atomic E-state index is 12.5. The molecule has 6 heteroatoms. The van der Waals surface area contributed by atoms with Crippen LogP contribution in [0, 0.1) is 6.92 Å². The summed E-state index contributed by atoms with van der Waals surface area (Å²) in [4.78, 5) is 26.4. The summed E-state index contributed by atoms with van der Waals surface area (Å²) in [6.07, 6.45) is 0.753. The fourth-order valence-electron chi connectivity index (χ4n) is 2.57. The molecule has 0 saturated heterocycles. The third kappa shape index (κ3) is 6.33. The third-order valence-electron chi connectivity index (χ3n) is 4.00. The van der Waals surface area contributed by atoms with Gasteiger partial charge >= 0.3 is 0 Å². The summed E-state index contributed by atoms with van der Waals surface area (Å²) in [7, 11) is 1.57. The molecule has 0 saturated carbocycles. The van der Waals surface area contributed by atoms with Gasteiger partial charge in [-0.2, -0.15) is 0 Å². The molecule has 2 amide bonds. The van der Waals surface area contributed by atoms with Crippen LogP contribution in [0.4, 0.5) is 5.69 Å². The van der Waals surface area contributed by atoms with Gasteiger partial charge in [0.05, 0.1) is 13.7 Å². The molecule has 2 aromatic carbocycles. The van der Waals surface area contributed by atoms with Gasteiger partial charge in [-0.15, -0.1) is 0 Å². The Morgan fingerprint density at radius 2 is 1.81 bits per heavy atom. The minimum absolute atomic E-state index is 0.0114. The fourth-order valence-corrected chi connectivity index (χ4v) is 2.57. The number of methoxy groups -OCH3 is 1. The number of carbonyl (C=O) groups excluding carboxylic acids is 2. The number of para-hydroxylation sites is 1. The van der Waals surface area contributed by atoms with E-state index in [9.17, 15) is 9.59 Å². The molecule has 2 aromatic rings. The van der Waals surface area contributed by atoms with Gasteiger partial charge in [-0.25, -0.2) is 0 Å². The molecule has 0 fully saturated rings. The van der Waals surface area contributed by atoms with E-state index in [1.807, 2.05) is 38.1 Å². The van der Waals surface area contributed by atoms with Crippen molar-refractivity contribution in [1.82, 2.24) is 4.90 Å². The molecule has 2 rings (SSSR count). The Bertz CT molecular complexity index is 776. The van der Waals surface area contributed by atoms with Crippen molar-refractivity contribution in [3.63, 3.8) is 0 Å². The Kier molecular flexibility index (Phi) is 7.67. The van der Waals surface area contributed by atoms with Gasteiger partial charge in [-0.05, 0) is 37.1 Å². The van der Waals surface area contributed by atoms with Crippen LogP contribution >= 0.6 is 0 Å². The first kappa shape index (κ1) is 20.3. The summed E-state index contributed by atoms with van der Waals surface area (Å²) >= 11 is 0. The molecule has 6 nitrogen and oxygen atoms in total. The highest BCUT2D eigenvalue weighted by Gasteiger charge is 2.17. The minimum Gasteiger partial charge on any atom is -0.497 e. The summed E-state index contributed by atoms with van der Waals surface area (Å²) < 4.78 is 10.7. The van der Waals surface area contributed by atoms with Crippen molar-refractivity contribution in [2.75, 3.05) is 32.1 Å². The highest BCUT2D eigenvalue weighted by Crippen LogP contribution is 2.19. The largest absolute Gasteiger partial charge is 0.497 e. The molecule has 0 heterocycles. The van der Waals surface area contributed by atoms with Crippen molar-refractivity contribution in [2.24, 2.45) is 0 Å². The Balaban J connectivity index is 1.93. The molecular formula is C21H26N2O4. The van der Waals surface area contributed by atoms with Crippen LogP contribution in [0.1, 0.15) is 18.9 Å². The van der Waals surface area contributed by atoms with Crippen molar-refractivity contribution in [2.45, 2.75) is 20.3 Å². The molecule has 144 valence electrons. The van der Waals surface area contributed by atoms with Gasteiger partial charge in [0.1, 0.15) is 11.5 Å². The standard InChI is InChI=1S/C21H26N2O4/c1-4-12-23(14-20(24)22-19-11-6-5-8-16(19)2)21(25)15-27-18-10-7-9-17(13-18)26-3/h5-11,13H,4,12,14-15H2,1-3H3,(H,22,24). The maximum Gasteiger partial charge on any atom is 0.260 e. The first-order valence-electron chi connectivity index (χ1n) is 8.93. The van der Waals surface area contributed by atoms with E-state index in [0.29, 0.717) is 18.0 Å². The first-order chi connectivity index (χ1) is 13.0. The first-order valence-corrected chi connectivity index (χ1v) is 8.93. The quantitative estimate of drug-likeness (QED) is 0.736. The molecule has 0 unspecified atom stereocenters. The monoisotopic (exact) mass is 370 g/mol. The summed E-state index contributed by atoms with van der Waals surface area (Å²) in [5, 5.41) is 2.85. The number of amides is 2. The number of rotatable bonds is 9. The second-order valence-corrected chi connectivity index (χ2v) is 6.15. The number of ether oxygens (including phenoxy) is 2. The topological polar surface area (TPSA) is 67.9 Å². The highest BCUT2D eigenvalue weighted by atomic mass is 16.5. The molecule has 0 bridgehead atoms. The molecule has 27 heavy (non-hydrogen) atoms. The Morgan fingerprint density at radius 3 is 2.52 bits per heavy atom. The second kappa shape index (κ2) is 10.2. The van der Waals surface area contributed by atoms with Crippen LogP contribution in [0.5, 0.6) is 11.5 Å². The van der Waals surface area contributed by atoms with Crippen molar-refractivity contribution < 1.29 is 19.1 Å².